The first-order chi connectivity index (χ1) is 17.9. The zero-order chi connectivity index (χ0) is 25.9. The number of aryl methyl sites for hydroxylation is 3. The highest BCUT2D eigenvalue weighted by Crippen LogP contribution is 2.28. The first kappa shape index (κ1) is 24.6. The second-order valence-electron chi connectivity index (χ2n) is 9.67. The van der Waals surface area contributed by atoms with Crippen LogP contribution in [0.15, 0.2) is 66.7 Å². The fourth-order valence-corrected chi connectivity index (χ4v) is 4.96. The van der Waals surface area contributed by atoms with Gasteiger partial charge in [-0.2, -0.15) is 0 Å². The molecule has 0 radical (unpaired) electrons. The third kappa shape index (κ3) is 5.21. The number of aromatic nitrogens is 2. The molecule has 1 aliphatic rings. The number of nitrogens with one attached hydrogen (secondary N) is 1. The van der Waals surface area contributed by atoms with Gasteiger partial charge in [0.15, 0.2) is 6.61 Å². The molecule has 0 saturated carbocycles. The van der Waals surface area contributed by atoms with Gasteiger partial charge in [-0.3, -0.25) is 9.59 Å². The fraction of sp³-hybridized carbons (Fsp3) is 0.300. The number of carbonyl (C=O) groups excluding carboxylic acids is 2. The molecule has 0 bridgehead atoms. The van der Waals surface area contributed by atoms with Gasteiger partial charge >= 0.3 is 0 Å². The zero-order valence-electron chi connectivity index (χ0n) is 21.5. The van der Waals surface area contributed by atoms with Gasteiger partial charge in [0.05, 0.1) is 17.1 Å². The number of hydrogen-bond acceptors (Lipinski definition) is 4. The van der Waals surface area contributed by atoms with Crippen molar-refractivity contribution >= 4 is 28.5 Å². The molecule has 0 fully saturated rings. The van der Waals surface area contributed by atoms with E-state index < -0.39 is 6.04 Å². The van der Waals surface area contributed by atoms with Crippen LogP contribution in [0.2, 0.25) is 0 Å². The Hall–Kier alpha value is -4.13. The molecule has 5 rings (SSSR count). The molecule has 1 atom stereocenters. The van der Waals surface area contributed by atoms with Gasteiger partial charge in [-0.1, -0.05) is 42.5 Å². The minimum absolute atomic E-state index is 0.00772. The average molecular weight is 497 g/mol. The number of benzene rings is 3. The van der Waals surface area contributed by atoms with Crippen LogP contribution in [0.1, 0.15) is 41.9 Å². The Bertz CT molecular complexity index is 1460. The molecule has 1 N–H and O–H groups in total. The molecule has 0 saturated heterocycles. The summed E-state index contributed by atoms with van der Waals surface area (Å²) < 4.78 is 7.70. The summed E-state index contributed by atoms with van der Waals surface area (Å²) in [5.74, 6) is 1.10. The van der Waals surface area contributed by atoms with Crippen molar-refractivity contribution in [3.8, 4) is 5.75 Å². The molecule has 2 heterocycles. The Labute approximate surface area is 217 Å². The van der Waals surface area contributed by atoms with E-state index in [1.54, 1.807) is 0 Å². The third-order valence-corrected chi connectivity index (χ3v) is 6.86. The van der Waals surface area contributed by atoms with E-state index in [9.17, 15) is 9.59 Å². The van der Waals surface area contributed by atoms with Gasteiger partial charge in [-0.05, 0) is 74.6 Å². The lowest BCUT2D eigenvalue weighted by molar-refractivity contribution is -0.123. The first-order valence-corrected chi connectivity index (χ1v) is 12.7. The smallest absolute Gasteiger partial charge is 0.258 e. The predicted octanol–water partition coefficient (Wildman–Crippen LogP) is 4.89. The number of anilines is 1. The molecular weight excluding hydrogens is 464 g/mol. The van der Waals surface area contributed by atoms with Crippen LogP contribution in [0.25, 0.3) is 11.0 Å². The average Bonchev–Trinajstić information content (AvgIpc) is 3.27. The van der Waals surface area contributed by atoms with Gasteiger partial charge in [-0.25, -0.2) is 4.98 Å². The van der Waals surface area contributed by atoms with Gasteiger partial charge in [0.1, 0.15) is 18.1 Å². The van der Waals surface area contributed by atoms with Gasteiger partial charge in [0, 0.05) is 12.2 Å². The van der Waals surface area contributed by atoms with Crippen molar-refractivity contribution in [1.29, 1.82) is 0 Å². The minimum Gasteiger partial charge on any atom is -0.483 e. The summed E-state index contributed by atoms with van der Waals surface area (Å²) in [5.41, 5.74) is 5.88. The molecule has 1 unspecified atom stereocenters. The monoisotopic (exact) mass is 496 g/mol. The van der Waals surface area contributed by atoms with Crippen LogP contribution in [0.5, 0.6) is 5.75 Å². The summed E-state index contributed by atoms with van der Waals surface area (Å²) in [5, 5.41) is 3.00. The van der Waals surface area contributed by atoms with Crippen LogP contribution in [0, 0.1) is 13.8 Å². The molecule has 1 aliphatic heterocycles. The molecule has 7 nitrogen and oxygen atoms in total. The lowest BCUT2D eigenvalue weighted by Crippen LogP contribution is -2.38. The summed E-state index contributed by atoms with van der Waals surface area (Å²) >= 11 is 0. The molecule has 0 spiro atoms. The van der Waals surface area contributed by atoms with Crippen LogP contribution in [-0.2, 0) is 22.6 Å². The van der Waals surface area contributed by atoms with Gasteiger partial charge in [0.25, 0.3) is 5.91 Å². The molecule has 3 aromatic carbocycles. The Morgan fingerprint density at radius 1 is 1.05 bits per heavy atom. The third-order valence-electron chi connectivity index (χ3n) is 6.86. The number of hydrogen-bond donors (Lipinski definition) is 1. The van der Waals surface area contributed by atoms with E-state index in [-0.39, 0.29) is 25.0 Å². The van der Waals surface area contributed by atoms with Crippen molar-refractivity contribution in [1.82, 2.24) is 14.9 Å². The van der Waals surface area contributed by atoms with E-state index in [1.807, 2.05) is 90.9 Å². The van der Waals surface area contributed by atoms with Crippen LogP contribution in [0.4, 0.5) is 5.69 Å². The Balaban J connectivity index is 1.35. The van der Waals surface area contributed by atoms with Crippen molar-refractivity contribution < 1.29 is 14.3 Å². The van der Waals surface area contributed by atoms with Crippen molar-refractivity contribution in [2.45, 2.75) is 46.2 Å². The van der Waals surface area contributed by atoms with Gasteiger partial charge < -0.3 is 19.5 Å². The molecule has 37 heavy (non-hydrogen) atoms. The zero-order valence-corrected chi connectivity index (χ0v) is 21.5. The Morgan fingerprint density at radius 2 is 1.84 bits per heavy atom. The number of nitrogens with zero attached hydrogens (tertiary/aromatic N) is 3. The largest absolute Gasteiger partial charge is 0.483 e. The van der Waals surface area contributed by atoms with E-state index in [0.717, 1.165) is 40.7 Å². The highest BCUT2D eigenvalue weighted by molar-refractivity contribution is 5.95. The van der Waals surface area contributed by atoms with E-state index in [4.69, 9.17) is 9.72 Å². The van der Waals surface area contributed by atoms with E-state index in [1.165, 1.54) is 5.56 Å². The maximum Gasteiger partial charge on any atom is 0.258 e. The van der Waals surface area contributed by atoms with Crippen LogP contribution < -0.4 is 15.0 Å². The summed E-state index contributed by atoms with van der Waals surface area (Å²) in [4.78, 5) is 33.0. The number of para-hydroxylation sites is 3. The highest BCUT2D eigenvalue weighted by Gasteiger charge is 2.25. The summed E-state index contributed by atoms with van der Waals surface area (Å²) in [6.45, 7) is 6.56. The van der Waals surface area contributed by atoms with Crippen molar-refractivity contribution in [3.63, 3.8) is 0 Å². The molecule has 0 aliphatic carbocycles. The number of imidazole rings is 1. The predicted molar refractivity (Wildman–Crippen MR) is 145 cm³/mol. The molecule has 7 heteroatoms. The van der Waals surface area contributed by atoms with Crippen molar-refractivity contribution in [2.75, 3.05) is 18.1 Å². The van der Waals surface area contributed by atoms with Crippen molar-refractivity contribution in [3.05, 3.63) is 89.2 Å². The molecule has 2 amide bonds. The first-order valence-electron chi connectivity index (χ1n) is 12.7. The number of amides is 2. The van der Waals surface area contributed by atoms with Crippen LogP contribution in [-0.4, -0.2) is 34.5 Å². The number of fused-ring (bicyclic) bond motifs is 2. The van der Waals surface area contributed by atoms with Gasteiger partial charge in [-0.15, -0.1) is 0 Å². The van der Waals surface area contributed by atoms with E-state index in [2.05, 4.69) is 11.4 Å². The normalized spacial score (nSPS) is 13.8. The SMILES string of the molecule is Cc1ccc(C)c(OCC(=O)NC(C)c2nc3ccccc3n2CC(=O)N2CCCc3ccccc32)c1. The molecule has 1 aromatic heterocycles. The highest BCUT2D eigenvalue weighted by atomic mass is 16.5. The Kier molecular flexibility index (Phi) is 6.95. The second kappa shape index (κ2) is 10.5. The Morgan fingerprint density at radius 3 is 2.70 bits per heavy atom. The van der Waals surface area contributed by atoms with Crippen LogP contribution in [0.3, 0.4) is 0 Å². The summed E-state index contributed by atoms with van der Waals surface area (Å²) in [6.07, 6.45) is 1.92. The topological polar surface area (TPSA) is 76.5 Å². The maximum absolute atomic E-state index is 13.6. The minimum atomic E-state index is -0.413. The number of carbonyl (C=O) groups is 2. The number of rotatable bonds is 7. The van der Waals surface area contributed by atoms with E-state index >= 15 is 0 Å². The van der Waals surface area contributed by atoms with Crippen LogP contribution >= 0.6 is 0 Å². The number of ether oxygens (including phenoxy) is 1. The van der Waals surface area contributed by atoms with Crippen molar-refractivity contribution in [2.24, 2.45) is 0 Å². The molecular formula is C30H32N4O3. The van der Waals surface area contributed by atoms with Gasteiger partial charge in [0.2, 0.25) is 5.91 Å². The lowest BCUT2D eigenvalue weighted by Gasteiger charge is -2.30. The quantitative estimate of drug-likeness (QED) is 0.395. The second-order valence-corrected chi connectivity index (χ2v) is 9.67. The van der Waals surface area contributed by atoms with E-state index in [0.29, 0.717) is 18.1 Å². The lowest BCUT2D eigenvalue weighted by atomic mass is 10.0. The summed E-state index contributed by atoms with van der Waals surface area (Å²) in [7, 11) is 0. The molecule has 4 aromatic rings. The standard InChI is InChI=1S/C30H32N4O3/c1-20-14-15-21(2)27(17-20)37-19-28(35)31-22(3)30-32-24-11-5-7-13-26(24)34(30)18-29(36)33-16-8-10-23-9-4-6-12-25(23)33/h4-7,9,11-15,17,22H,8,10,16,18-19H2,1-3H3,(H,31,35). The maximum atomic E-state index is 13.6. The summed E-state index contributed by atoms with van der Waals surface area (Å²) in [6, 6.07) is 21.3. The molecule has 190 valence electrons. The fourth-order valence-electron chi connectivity index (χ4n) is 4.96.